The summed E-state index contributed by atoms with van der Waals surface area (Å²) in [4.78, 5) is 0. The molecule has 0 aliphatic carbocycles. The van der Waals surface area contributed by atoms with Gasteiger partial charge in [0.1, 0.15) is 0 Å². The molecule has 0 saturated heterocycles. The van der Waals surface area contributed by atoms with Crippen molar-refractivity contribution in [2.45, 2.75) is 6.17 Å². The van der Waals surface area contributed by atoms with E-state index in [1.54, 1.807) is 0 Å². The van der Waals surface area contributed by atoms with Gasteiger partial charge in [-0.05, 0) is 0 Å². The van der Waals surface area contributed by atoms with Crippen LogP contribution in [-0.2, 0) is 0 Å². The Bertz CT molecular complexity index is 174. The highest BCUT2D eigenvalue weighted by Crippen LogP contribution is 1.69. The number of hydrogen-bond donors (Lipinski definition) is 6. The lowest BCUT2D eigenvalue weighted by Crippen LogP contribution is -2.49. The zero-order valence-corrected chi connectivity index (χ0v) is 6.02. The quantitative estimate of drug-likeness (QED) is 0.125. The van der Waals surface area contributed by atoms with E-state index in [0.29, 0.717) is 0 Å². The topological polar surface area (TPSA) is 124 Å². The first-order chi connectivity index (χ1) is 5.06. The predicted molar refractivity (Wildman–Crippen MR) is 44.1 cm³/mol. The van der Waals surface area contributed by atoms with Crippen LogP contribution in [0.25, 0.3) is 0 Å². The zero-order valence-electron chi connectivity index (χ0n) is 6.02. The highest BCUT2D eigenvalue weighted by Gasteiger charge is 1.98. The highest BCUT2D eigenvalue weighted by molar-refractivity contribution is 5.94. The van der Waals surface area contributed by atoms with Gasteiger partial charge in [-0.2, -0.15) is 0 Å². The lowest BCUT2D eigenvalue weighted by atomic mass is 10.5. The lowest BCUT2D eigenvalue weighted by molar-refractivity contribution is 0.751. The van der Waals surface area contributed by atoms with Crippen LogP contribution in [0.4, 0.5) is 0 Å². The largest absolute Gasteiger partial charge is 0.370 e. The molecule has 0 aromatic heterocycles. The number of hydrogen-bond acceptors (Lipinski definition) is 3. The fourth-order valence-electron chi connectivity index (χ4n) is 0.396. The molecule has 0 spiro atoms. The SMILES string of the molecule is C=CC(N)NC(=N)NC(=N)N. The van der Waals surface area contributed by atoms with Crippen LogP contribution in [0.1, 0.15) is 0 Å². The number of nitrogens with two attached hydrogens (primary N) is 2. The Morgan fingerprint density at radius 1 is 1.55 bits per heavy atom. The van der Waals surface area contributed by atoms with E-state index in [2.05, 4.69) is 17.2 Å². The van der Waals surface area contributed by atoms with Gasteiger partial charge < -0.3 is 16.8 Å². The molecule has 0 saturated carbocycles. The van der Waals surface area contributed by atoms with E-state index in [1.165, 1.54) is 6.08 Å². The monoisotopic (exact) mass is 156 g/mol. The first-order valence-electron chi connectivity index (χ1n) is 2.90. The molecule has 1 unspecified atom stereocenters. The van der Waals surface area contributed by atoms with Crippen LogP contribution in [-0.4, -0.2) is 18.1 Å². The molecule has 0 aliphatic rings. The second kappa shape index (κ2) is 4.29. The molecule has 62 valence electrons. The van der Waals surface area contributed by atoms with Crippen LogP contribution in [0.5, 0.6) is 0 Å². The van der Waals surface area contributed by atoms with Crippen molar-refractivity contribution < 1.29 is 0 Å². The van der Waals surface area contributed by atoms with Crippen LogP contribution in [0.2, 0.25) is 0 Å². The van der Waals surface area contributed by atoms with Gasteiger partial charge in [0.2, 0.25) is 0 Å². The fraction of sp³-hybridized carbons (Fsp3) is 0.200. The Morgan fingerprint density at radius 3 is 2.45 bits per heavy atom. The van der Waals surface area contributed by atoms with E-state index < -0.39 is 6.17 Å². The third kappa shape index (κ3) is 4.91. The summed E-state index contributed by atoms with van der Waals surface area (Å²) < 4.78 is 0. The van der Waals surface area contributed by atoms with Gasteiger partial charge in [0, 0.05) is 0 Å². The molecular weight excluding hydrogens is 144 g/mol. The van der Waals surface area contributed by atoms with Gasteiger partial charge in [0.25, 0.3) is 0 Å². The summed E-state index contributed by atoms with van der Waals surface area (Å²) in [7, 11) is 0. The molecule has 11 heavy (non-hydrogen) atoms. The van der Waals surface area contributed by atoms with Crippen molar-refractivity contribution in [1.82, 2.24) is 10.6 Å². The fourth-order valence-corrected chi connectivity index (χ4v) is 0.396. The summed E-state index contributed by atoms with van der Waals surface area (Å²) in [6.45, 7) is 3.40. The maximum Gasteiger partial charge on any atom is 0.196 e. The molecule has 1 atom stereocenters. The van der Waals surface area contributed by atoms with Crippen LogP contribution >= 0.6 is 0 Å². The molecule has 0 aromatic rings. The Morgan fingerprint density at radius 2 is 2.09 bits per heavy atom. The van der Waals surface area contributed by atoms with Crippen molar-refractivity contribution in [3.05, 3.63) is 12.7 Å². The second-order valence-electron chi connectivity index (χ2n) is 1.82. The van der Waals surface area contributed by atoms with E-state index in [-0.39, 0.29) is 11.9 Å². The Hall–Kier alpha value is -1.56. The van der Waals surface area contributed by atoms with E-state index in [1.807, 2.05) is 0 Å². The normalized spacial score (nSPS) is 11.4. The number of rotatable bonds is 2. The van der Waals surface area contributed by atoms with Gasteiger partial charge in [-0.15, -0.1) is 0 Å². The Kier molecular flexibility index (Phi) is 3.68. The third-order valence-corrected chi connectivity index (χ3v) is 0.825. The van der Waals surface area contributed by atoms with E-state index in [0.717, 1.165) is 0 Å². The molecule has 0 radical (unpaired) electrons. The average Bonchev–Trinajstić information content (AvgIpc) is 1.85. The standard InChI is InChI=1S/C5H12N6/c1-2-3(6)10-5(9)11-4(7)8/h2-3H,1,6H2,(H6,7,8,9,10,11). The summed E-state index contributed by atoms with van der Waals surface area (Å²) in [5.74, 6) is -0.427. The molecule has 6 nitrogen and oxygen atoms in total. The third-order valence-electron chi connectivity index (χ3n) is 0.825. The van der Waals surface area contributed by atoms with Gasteiger partial charge in [-0.25, -0.2) is 0 Å². The second-order valence-corrected chi connectivity index (χ2v) is 1.82. The van der Waals surface area contributed by atoms with Gasteiger partial charge >= 0.3 is 0 Å². The first-order valence-corrected chi connectivity index (χ1v) is 2.90. The van der Waals surface area contributed by atoms with E-state index in [4.69, 9.17) is 22.3 Å². The summed E-state index contributed by atoms with van der Waals surface area (Å²) in [6.07, 6.45) is 0.922. The number of guanidine groups is 2. The number of nitrogens with one attached hydrogen (secondary N) is 4. The molecule has 0 rings (SSSR count). The minimum Gasteiger partial charge on any atom is -0.370 e. The van der Waals surface area contributed by atoms with Crippen molar-refractivity contribution in [2.24, 2.45) is 11.5 Å². The lowest BCUT2D eigenvalue weighted by Gasteiger charge is -2.11. The minimum absolute atomic E-state index is 0.120. The minimum atomic E-state index is -0.505. The molecule has 6 heteroatoms. The first kappa shape index (κ1) is 9.44. The van der Waals surface area contributed by atoms with Crippen LogP contribution in [0.3, 0.4) is 0 Å². The van der Waals surface area contributed by atoms with E-state index >= 15 is 0 Å². The molecule has 0 fully saturated rings. The van der Waals surface area contributed by atoms with Crippen LogP contribution in [0, 0.1) is 10.8 Å². The van der Waals surface area contributed by atoms with Gasteiger partial charge in [-0.3, -0.25) is 16.1 Å². The van der Waals surface area contributed by atoms with Crippen molar-refractivity contribution in [2.75, 3.05) is 0 Å². The van der Waals surface area contributed by atoms with Crippen LogP contribution < -0.4 is 22.1 Å². The van der Waals surface area contributed by atoms with E-state index in [9.17, 15) is 0 Å². The molecular formula is C5H12N6. The van der Waals surface area contributed by atoms with Crippen LogP contribution in [0.15, 0.2) is 12.7 Å². The smallest absolute Gasteiger partial charge is 0.196 e. The van der Waals surface area contributed by atoms with Crippen molar-refractivity contribution in [3.8, 4) is 0 Å². The van der Waals surface area contributed by atoms with Crippen molar-refractivity contribution >= 4 is 11.9 Å². The maximum absolute atomic E-state index is 7.08. The highest BCUT2D eigenvalue weighted by atomic mass is 15.2. The zero-order chi connectivity index (χ0) is 8.85. The predicted octanol–water partition coefficient (Wildman–Crippen LogP) is -1.54. The van der Waals surface area contributed by atoms with Crippen molar-refractivity contribution in [3.63, 3.8) is 0 Å². The summed E-state index contributed by atoms with van der Waals surface area (Å²) in [5.41, 5.74) is 10.3. The summed E-state index contributed by atoms with van der Waals surface area (Å²) >= 11 is 0. The molecule has 8 N–H and O–H groups in total. The van der Waals surface area contributed by atoms with Crippen molar-refractivity contribution in [1.29, 1.82) is 10.8 Å². The molecule has 0 amide bonds. The molecule has 0 aliphatic heterocycles. The Balaban J connectivity index is 3.69. The maximum atomic E-state index is 7.08. The van der Waals surface area contributed by atoms with Gasteiger partial charge in [-0.1, -0.05) is 12.7 Å². The van der Waals surface area contributed by atoms with Gasteiger partial charge in [0.05, 0.1) is 6.17 Å². The molecule has 0 bridgehead atoms. The Labute approximate surface area is 64.7 Å². The molecule has 0 heterocycles. The summed E-state index contributed by atoms with van der Waals surface area (Å²) in [6, 6.07) is 0. The molecule has 0 aromatic carbocycles. The van der Waals surface area contributed by atoms with Gasteiger partial charge in [0.15, 0.2) is 11.9 Å². The summed E-state index contributed by atoms with van der Waals surface area (Å²) in [5, 5.41) is 18.5. The average molecular weight is 156 g/mol.